The Bertz CT molecular complexity index is 576. The van der Waals surface area contributed by atoms with E-state index in [2.05, 4.69) is 9.97 Å². The van der Waals surface area contributed by atoms with E-state index in [1.807, 2.05) is 0 Å². The van der Waals surface area contributed by atoms with Crippen LogP contribution in [0, 0.1) is 0 Å². The predicted molar refractivity (Wildman–Crippen MR) is 71.7 cm³/mol. The maximum absolute atomic E-state index is 10.7. The van der Waals surface area contributed by atoms with Gasteiger partial charge in [0.1, 0.15) is 5.82 Å². The van der Waals surface area contributed by atoms with E-state index in [1.165, 1.54) is 0 Å². The number of nitrogen functional groups attached to an aromatic ring is 2. The van der Waals surface area contributed by atoms with Crippen molar-refractivity contribution in [2.45, 2.75) is 12.8 Å². The van der Waals surface area contributed by atoms with Gasteiger partial charge in [-0.15, -0.1) is 0 Å². The Morgan fingerprint density at radius 2 is 1.79 bits per heavy atom. The van der Waals surface area contributed by atoms with Crippen molar-refractivity contribution in [1.82, 2.24) is 9.97 Å². The molecule has 0 amide bonds. The Labute approximate surface area is 110 Å². The molecule has 0 aliphatic carbocycles. The zero-order valence-electron chi connectivity index (χ0n) is 10.2. The van der Waals surface area contributed by atoms with Crippen LogP contribution in [0.1, 0.15) is 21.6 Å². The first-order valence-corrected chi connectivity index (χ1v) is 5.76. The maximum atomic E-state index is 10.7. The minimum atomic E-state index is -0.928. The van der Waals surface area contributed by atoms with Crippen molar-refractivity contribution in [3.63, 3.8) is 0 Å². The number of aryl methyl sites for hydroxylation is 2. The summed E-state index contributed by atoms with van der Waals surface area (Å²) in [5, 5.41) is 8.80. The lowest BCUT2D eigenvalue weighted by molar-refractivity contribution is 0.0697. The number of hydrogen-bond acceptors (Lipinski definition) is 5. The molecule has 0 bridgehead atoms. The molecule has 0 saturated heterocycles. The van der Waals surface area contributed by atoms with Crippen molar-refractivity contribution in [1.29, 1.82) is 0 Å². The lowest BCUT2D eigenvalue weighted by Gasteiger charge is -2.04. The maximum Gasteiger partial charge on any atom is 0.335 e. The molecule has 1 aromatic carbocycles. The third kappa shape index (κ3) is 3.41. The summed E-state index contributed by atoms with van der Waals surface area (Å²) >= 11 is 0. The normalized spacial score (nSPS) is 10.3. The lowest BCUT2D eigenvalue weighted by Crippen LogP contribution is -2.04. The molecule has 0 aliphatic rings. The molecule has 6 heteroatoms. The molecule has 0 spiro atoms. The second kappa shape index (κ2) is 5.34. The van der Waals surface area contributed by atoms with Crippen molar-refractivity contribution in [2.75, 3.05) is 11.5 Å². The molecular weight excluding hydrogens is 244 g/mol. The average Bonchev–Trinajstić information content (AvgIpc) is 2.36. The molecular formula is C13H14N4O2. The van der Waals surface area contributed by atoms with E-state index in [1.54, 1.807) is 30.3 Å². The minimum absolute atomic E-state index is 0.163. The molecule has 1 heterocycles. The fourth-order valence-electron chi connectivity index (χ4n) is 1.75. The number of hydrogen-bond donors (Lipinski definition) is 3. The smallest absolute Gasteiger partial charge is 0.335 e. The Balaban J connectivity index is 2.03. The molecule has 5 N–H and O–H groups in total. The van der Waals surface area contributed by atoms with Crippen LogP contribution in [0.4, 0.5) is 11.8 Å². The molecule has 98 valence electrons. The Kier molecular flexibility index (Phi) is 3.61. The molecule has 19 heavy (non-hydrogen) atoms. The van der Waals surface area contributed by atoms with E-state index < -0.39 is 5.97 Å². The summed E-state index contributed by atoms with van der Waals surface area (Å²) in [4.78, 5) is 18.6. The monoisotopic (exact) mass is 258 g/mol. The van der Waals surface area contributed by atoms with Crippen LogP contribution in [-0.2, 0) is 12.8 Å². The van der Waals surface area contributed by atoms with Gasteiger partial charge in [0.05, 0.1) is 5.56 Å². The number of carboxylic acids is 1. The molecule has 2 aromatic rings. The first-order valence-electron chi connectivity index (χ1n) is 5.76. The van der Waals surface area contributed by atoms with Gasteiger partial charge in [0, 0.05) is 11.8 Å². The molecule has 0 atom stereocenters. The quantitative estimate of drug-likeness (QED) is 0.757. The fourth-order valence-corrected chi connectivity index (χ4v) is 1.75. The number of nitrogens with zero attached hydrogens (tertiary/aromatic N) is 2. The average molecular weight is 258 g/mol. The zero-order valence-corrected chi connectivity index (χ0v) is 10.2. The van der Waals surface area contributed by atoms with Crippen molar-refractivity contribution in [2.24, 2.45) is 0 Å². The highest BCUT2D eigenvalue weighted by Gasteiger charge is 2.04. The topological polar surface area (TPSA) is 115 Å². The van der Waals surface area contributed by atoms with Crippen LogP contribution >= 0.6 is 0 Å². The highest BCUT2D eigenvalue weighted by atomic mass is 16.4. The van der Waals surface area contributed by atoms with Gasteiger partial charge in [-0.1, -0.05) is 12.1 Å². The standard InChI is InChI=1S/C13H14N4O2/c14-11-7-10(16-13(15)17-11)6-3-8-1-4-9(5-2-8)12(18)19/h1-2,4-5,7H,3,6H2,(H,18,19)(H4,14,15,16,17). The van der Waals surface area contributed by atoms with Crippen molar-refractivity contribution in [3.8, 4) is 0 Å². The van der Waals surface area contributed by atoms with E-state index in [0.717, 1.165) is 17.7 Å². The van der Waals surface area contributed by atoms with Crippen molar-refractivity contribution in [3.05, 3.63) is 47.2 Å². The highest BCUT2D eigenvalue weighted by Crippen LogP contribution is 2.10. The van der Waals surface area contributed by atoms with Gasteiger partial charge < -0.3 is 16.6 Å². The molecule has 2 rings (SSSR count). The van der Waals surface area contributed by atoms with Crippen LogP contribution in [0.15, 0.2) is 30.3 Å². The van der Waals surface area contributed by atoms with Gasteiger partial charge in [0.25, 0.3) is 0 Å². The molecule has 6 nitrogen and oxygen atoms in total. The largest absolute Gasteiger partial charge is 0.478 e. The van der Waals surface area contributed by atoms with Crippen LogP contribution in [0.25, 0.3) is 0 Å². The minimum Gasteiger partial charge on any atom is -0.478 e. The third-order valence-electron chi connectivity index (χ3n) is 2.69. The lowest BCUT2D eigenvalue weighted by atomic mass is 10.1. The highest BCUT2D eigenvalue weighted by molar-refractivity contribution is 5.87. The summed E-state index contributed by atoms with van der Waals surface area (Å²) in [5.74, 6) is -0.414. The van der Waals surface area contributed by atoms with E-state index in [-0.39, 0.29) is 11.5 Å². The Morgan fingerprint density at radius 3 is 2.37 bits per heavy atom. The second-order valence-electron chi connectivity index (χ2n) is 4.14. The number of carboxylic acid groups (broad SMARTS) is 1. The predicted octanol–water partition coefficient (Wildman–Crippen LogP) is 1.12. The summed E-state index contributed by atoms with van der Waals surface area (Å²) in [7, 11) is 0. The van der Waals surface area contributed by atoms with Gasteiger partial charge in [0.15, 0.2) is 0 Å². The number of carbonyl (C=O) groups is 1. The van der Waals surface area contributed by atoms with Gasteiger partial charge in [-0.2, -0.15) is 4.98 Å². The van der Waals surface area contributed by atoms with Gasteiger partial charge in [0.2, 0.25) is 5.95 Å². The summed E-state index contributed by atoms with van der Waals surface area (Å²) in [6.07, 6.45) is 1.40. The second-order valence-corrected chi connectivity index (χ2v) is 4.14. The van der Waals surface area contributed by atoms with E-state index in [9.17, 15) is 4.79 Å². The SMILES string of the molecule is Nc1cc(CCc2ccc(C(=O)O)cc2)nc(N)n1. The molecule has 0 saturated carbocycles. The van der Waals surface area contributed by atoms with Crippen LogP contribution in [0.2, 0.25) is 0 Å². The summed E-state index contributed by atoms with van der Waals surface area (Å²) in [6.45, 7) is 0. The Hall–Kier alpha value is -2.63. The van der Waals surface area contributed by atoms with E-state index in [0.29, 0.717) is 12.2 Å². The number of nitrogens with two attached hydrogens (primary N) is 2. The van der Waals surface area contributed by atoms with Gasteiger partial charge in [-0.05, 0) is 30.5 Å². The molecule has 0 unspecified atom stereocenters. The van der Waals surface area contributed by atoms with E-state index >= 15 is 0 Å². The van der Waals surface area contributed by atoms with Gasteiger partial charge in [-0.25, -0.2) is 9.78 Å². The summed E-state index contributed by atoms with van der Waals surface area (Å²) < 4.78 is 0. The van der Waals surface area contributed by atoms with Crippen LogP contribution in [-0.4, -0.2) is 21.0 Å². The van der Waals surface area contributed by atoms with E-state index in [4.69, 9.17) is 16.6 Å². The summed E-state index contributed by atoms with van der Waals surface area (Å²) in [6, 6.07) is 8.43. The van der Waals surface area contributed by atoms with Gasteiger partial charge in [-0.3, -0.25) is 0 Å². The van der Waals surface area contributed by atoms with Gasteiger partial charge >= 0.3 is 5.97 Å². The fraction of sp³-hybridized carbons (Fsp3) is 0.154. The number of benzene rings is 1. The first-order chi connectivity index (χ1) is 9.04. The number of aromatic carboxylic acids is 1. The van der Waals surface area contributed by atoms with Crippen molar-refractivity contribution < 1.29 is 9.90 Å². The molecule has 0 radical (unpaired) electrons. The van der Waals surface area contributed by atoms with Crippen LogP contribution in [0.5, 0.6) is 0 Å². The third-order valence-corrected chi connectivity index (χ3v) is 2.69. The number of anilines is 2. The zero-order chi connectivity index (χ0) is 13.8. The number of rotatable bonds is 4. The number of aromatic nitrogens is 2. The summed E-state index contributed by atoms with van der Waals surface area (Å²) in [5.41, 5.74) is 13.2. The molecule has 1 aromatic heterocycles. The van der Waals surface area contributed by atoms with Crippen LogP contribution < -0.4 is 11.5 Å². The Morgan fingerprint density at radius 1 is 1.11 bits per heavy atom. The first kappa shape index (κ1) is 12.8. The molecule has 0 fully saturated rings. The van der Waals surface area contributed by atoms with Crippen LogP contribution in [0.3, 0.4) is 0 Å². The van der Waals surface area contributed by atoms with Crippen molar-refractivity contribution >= 4 is 17.7 Å². The molecule has 0 aliphatic heterocycles.